The van der Waals surface area contributed by atoms with Gasteiger partial charge in [-0.2, -0.15) is 0 Å². The lowest BCUT2D eigenvalue weighted by Gasteiger charge is -2.21. The number of carbonyl (C=O) groups excluding carboxylic acids is 1. The largest absolute Gasteiger partial charge is 0.469 e. The van der Waals surface area contributed by atoms with Crippen LogP contribution in [-0.2, 0) is 22.4 Å². The summed E-state index contributed by atoms with van der Waals surface area (Å²) < 4.78 is 4.86. The number of esters is 1. The van der Waals surface area contributed by atoms with Gasteiger partial charge in [0.25, 0.3) is 0 Å². The third-order valence-corrected chi connectivity index (χ3v) is 4.85. The Bertz CT molecular complexity index is 459. The molecule has 0 unspecified atom stereocenters. The van der Waals surface area contributed by atoms with Crippen LogP contribution in [0.25, 0.3) is 0 Å². The molecule has 1 aromatic carbocycles. The summed E-state index contributed by atoms with van der Waals surface area (Å²) in [6, 6.07) is 9.04. The third kappa shape index (κ3) is 7.99. The van der Waals surface area contributed by atoms with E-state index in [2.05, 4.69) is 31.2 Å². The zero-order valence-corrected chi connectivity index (χ0v) is 16.2. The van der Waals surface area contributed by atoms with Gasteiger partial charge in [-0.3, -0.25) is 4.79 Å². The van der Waals surface area contributed by atoms with Crippen LogP contribution in [-0.4, -0.2) is 13.1 Å². The van der Waals surface area contributed by atoms with Gasteiger partial charge in [0.15, 0.2) is 0 Å². The first-order chi connectivity index (χ1) is 11.5. The quantitative estimate of drug-likeness (QED) is 0.341. The van der Waals surface area contributed by atoms with E-state index in [4.69, 9.17) is 4.74 Å². The van der Waals surface area contributed by atoms with Crippen molar-refractivity contribution in [3.63, 3.8) is 0 Å². The number of aryl methyl sites for hydroxylation is 2. The molecule has 2 heteroatoms. The van der Waals surface area contributed by atoms with Gasteiger partial charge in [-0.25, -0.2) is 0 Å². The summed E-state index contributed by atoms with van der Waals surface area (Å²) in [5.41, 5.74) is 2.43. The van der Waals surface area contributed by atoms with Gasteiger partial charge >= 0.3 is 5.97 Å². The number of methoxy groups -OCH3 is 1. The summed E-state index contributed by atoms with van der Waals surface area (Å²) in [5, 5.41) is 0. The van der Waals surface area contributed by atoms with Gasteiger partial charge in [-0.1, -0.05) is 63.3 Å². The monoisotopic (exact) mass is 332 g/mol. The second-order valence-corrected chi connectivity index (χ2v) is 7.56. The third-order valence-electron chi connectivity index (χ3n) is 4.85. The van der Waals surface area contributed by atoms with Crippen LogP contribution in [0.15, 0.2) is 24.3 Å². The number of ether oxygens (including phenoxy) is 1. The van der Waals surface area contributed by atoms with Crippen LogP contribution in [0.2, 0.25) is 0 Å². The molecule has 0 N–H and O–H groups in total. The van der Waals surface area contributed by atoms with Gasteiger partial charge in [0, 0.05) is 0 Å². The highest BCUT2D eigenvalue weighted by Crippen LogP contribution is 2.25. The van der Waals surface area contributed by atoms with E-state index in [1.807, 2.05) is 13.8 Å². The molecular formula is C22H36O2. The van der Waals surface area contributed by atoms with Crippen molar-refractivity contribution in [2.75, 3.05) is 7.11 Å². The van der Waals surface area contributed by atoms with E-state index in [1.165, 1.54) is 63.2 Å². The normalized spacial score (nSPS) is 11.5. The maximum absolute atomic E-state index is 11.7. The molecule has 0 fully saturated rings. The van der Waals surface area contributed by atoms with Crippen LogP contribution >= 0.6 is 0 Å². The minimum absolute atomic E-state index is 0.114. The van der Waals surface area contributed by atoms with Crippen molar-refractivity contribution in [2.24, 2.45) is 5.41 Å². The fourth-order valence-corrected chi connectivity index (χ4v) is 3.09. The molecule has 0 heterocycles. The lowest BCUT2D eigenvalue weighted by molar-refractivity contribution is -0.151. The van der Waals surface area contributed by atoms with Crippen molar-refractivity contribution in [3.8, 4) is 0 Å². The molecule has 0 amide bonds. The molecule has 0 atom stereocenters. The topological polar surface area (TPSA) is 26.3 Å². The first-order valence-corrected chi connectivity index (χ1v) is 9.66. The second-order valence-electron chi connectivity index (χ2n) is 7.56. The maximum Gasteiger partial charge on any atom is 0.311 e. The van der Waals surface area contributed by atoms with Gasteiger partial charge in [-0.05, 0) is 57.1 Å². The highest BCUT2D eigenvalue weighted by molar-refractivity contribution is 5.75. The number of unbranched alkanes of at least 4 members (excludes halogenated alkanes) is 5. The SMILES string of the molecule is CCCCCCCCc1ccc(CCCC(C)(C)C(=O)OC)cc1. The van der Waals surface area contributed by atoms with Gasteiger partial charge in [-0.15, -0.1) is 0 Å². The fourth-order valence-electron chi connectivity index (χ4n) is 3.09. The molecule has 1 rings (SSSR count). The minimum Gasteiger partial charge on any atom is -0.469 e. The molecule has 0 spiro atoms. The highest BCUT2D eigenvalue weighted by atomic mass is 16.5. The molecule has 0 radical (unpaired) electrons. The summed E-state index contributed by atoms with van der Waals surface area (Å²) in [5.74, 6) is -0.114. The van der Waals surface area contributed by atoms with E-state index in [-0.39, 0.29) is 11.4 Å². The Morgan fingerprint density at radius 1 is 0.875 bits per heavy atom. The number of benzene rings is 1. The molecular weight excluding hydrogens is 296 g/mol. The molecule has 24 heavy (non-hydrogen) atoms. The molecule has 0 aliphatic carbocycles. The number of hydrogen-bond donors (Lipinski definition) is 0. The Kier molecular flexibility index (Phi) is 9.75. The lowest BCUT2D eigenvalue weighted by atomic mass is 9.86. The molecule has 0 saturated heterocycles. The van der Waals surface area contributed by atoms with Crippen LogP contribution in [0.3, 0.4) is 0 Å². The van der Waals surface area contributed by atoms with E-state index >= 15 is 0 Å². The number of rotatable bonds is 12. The summed E-state index contributed by atoms with van der Waals surface area (Å²) in [6.45, 7) is 6.18. The molecule has 0 aliphatic heterocycles. The molecule has 136 valence electrons. The Morgan fingerprint density at radius 3 is 1.92 bits per heavy atom. The smallest absolute Gasteiger partial charge is 0.311 e. The molecule has 0 aromatic heterocycles. The predicted molar refractivity (Wildman–Crippen MR) is 102 cm³/mol. The Hall–Kier alpha value is -1.31. The Labute approximate surface area is 149 Å². The summed E-state index contributed by atoms with van der Waals surface area (Å²) in [7, 11) is 1.46. The Balaban J connectivity index is 2.26. The lowest BCUT2D eigenvalue weighted by Crippen LogP contribution is -2.25. The van der Waals surface area contributed by atoms with Crippen molar-refractivity contribution < 1.29 is 9.53 Å². The first-order valence-electron chi connectivity index (χ1n) is 9.66. The van der Waals surface area contributed by atoms with Crippen LogP contribution < -0.4 is 0 Å². The highest BCUT2D eigenvalue weighted by Gasteiger charge is 2.27. The fraction of sp³-hybridized carbons (Fsp3) is 0.682. The van der Waals surface area contributed by atoms with Crippen molar-refractivity contribution >= 4 is 5.97 Å². The summed E-state index contributed by atoms with van der Waals surface area (Å²) >= 11 is 0. The van der Waals surface area contributed by atoms with Crippen molar-refractivity contribution in [1.29, 1.82) is 0 Å². The van der Waals surface area contributed by atoms with Crippen LogP contribution in [0.5, 0.6) is 0 Å². The zero-order chi connectivity index (χ0) is 17.8. The molecule has 0 saturated carbocycles. The van der Waals surface area contributed by atoms with Crippen LogP contribution in [0, 0.1) is 5.41 Å². The van der Waals surface area contributed by atoms with E-state index in [9.17, 15) is 4.79 Å². The van der Waals surface area contributed by atoms with E-state index < -0.39 is 0 Å². The zero-order valence-electron chi connectivity index (χ0n) is 16.2. The van der Waals surface area contributed by atoms with Gasteiger partial charge in [0.1, 0.15) is 0 Å². The molecule has 0 bridgehead atoms. The van der Waals surface area contributed by atoms with Gasteiger partial charge < -0.3 is 4.74 Å². The van der Waals surface area contributed by atoms with E-state index in [1.54, 1.807) is 0 Å². The molecule has 1 aromatic rings. The van der Waals surface area contributed by atoms with Crippen molar-refractivity contribution in [3.05, 3.63) is 35.4 Å². The average Bonchev–Trinajstić information content (AvgIpc) is 2.58. The standard InChI is InChI=1S/C22H36O2/c1-5-6-7-8-9-10-12-19-14-16-20(17-15-19)13-11-18-22(2,3)21(23)24-4/h14-17H,5-13,18H2,1-4H3. The van der Waals surface area contributed by atoms with E-state index in [0.29, 0.717) is 0 Å². The first kappa shape index (κ1) is 20.7. The average molecular weight is 333 g/mol. The summed E-state index contributed by atoms with van der Waals surface area (Å²) in [4.78, 5) is 11.7. The molecule has 2 nitrogen and oxygen atoms in total. The number of carbonyl (C=O) groups is 1. The van der Waals surface area contributed by atoms with Gasteiger partial charge in [0.05, 0.1) is 12.5 Å². The maximum atomic E-state index is 11.7. The molecule has 0 aliphatic rings. The van der Waals surface area contributed by atoms with Crippen molar-refractivity contribution in [1.82, 2.24) is 0 Å². The van der Waals surface area contributed by atoms with Crippen molar-refractivity contribution in [2.45, 2.75) is 85.0 Å². The number of hydrogen-bond acceptors (Lipinski definition) is 2. The van der Waals surface area contributed by atoms with E-state index in [0.717, 1.165) is 19.3 Å². The predicted octanol–water partition coefficient (Wildman–Crippen LogP) is 6.11. The van der Waals surface area contributed by atoms with Crippen LogP contribution in [0.4, 0.5) is 0 Å². The summed E-state index contributed by atoms with van der Waals surface area (Å²) in [6.07, 6.45) is 12.2. The second kappa shape index (κ2) is 11.3. The Morgan fingerprint density at radius 2 is 1.38 bits per heavy atom. The van der Waals surface area contributed by atoms with Gasteiger partial charge in [0.2, 0.25) is 0 Å². The minimum atomic E-state index is -0.382. The van der Waals surface area contributed by atoms with Crippen LogP contribution in [0.1, 0.15) is 83.3 Å².